The molecule has 4 heteroatoms. The Labute approximate surface area is 118 Å². The van der Waals surface area contributed by atoms with Crippen molar-refractivity contribution in [1.29, 1.82) is 0 Å². The molecule has 0 radical (unpaired) electrons. The second-order valence-corrected chi connectivity index (χ2v) is 5.70. The standard InChI is InChI=1S/C15H19N3S/c1-2-5-13(6-3-1)15-10-18(8-4-7-16-15)9-14-11-19-12-17-14/h1-3,5-6,11-12,15-16H,4,7-10H2. The van der Waals surface area contributed by atoms with Crippen molar-refractivity contribution in [2.75, 3.05) is 19.6 Å². The molecule has 0 bridgehead atoms. The third kappa shape index (κ3) is 3.41. The summed E-state index contributed by atoms with van der Waals surface area (Å²) in [6, 6.07) is 11.2. The first-order valence-electron chi connectivity index (χ1n) is 6.79. The second-order valence-electron chi connectivity index (χ2n) is 4.99. The number of nitrogens with zero attached hydrogens (tertiary/aromatic N) is 2. The quantitative estimate of drug-likeness (QED) is 0.932. The van der Waals surface area contributed by atoms with Gasteiger partial charge in [-0.3, -0.25) is 4.90 Å². The molecule has 1 fully saturated rings. The van der Waals surface area contributed by atoms with Crippen molar-refractivity contribution in [2.45, 2.75) is 19.0 Å². The molecule has 100 valence electrons. The normalized spacial score (nSPS) is 21.2. The van der Waals surface area contributed by atoms with E-state index in [1.165, 1.54) is 17.7 Å². The Hall–Kier alpha value is -1.23. The Balaban J connectivity index is 1.69. The minimum atomic E-state index is 0.433. The largest absolute Gasteiger partial charge is 0.309 e. The molecule has 1 saturated heterocycles. The lowest BCUT2D eigenvalue weighted by Crippen LogP contribution is -2.31. The minimum Gasteiger partial charge on any atom is -0.309 e. The molecule has 0 amide bonds. The monoisotopic (exact) mass is 273 g/mol. The van der Waals surface area contributed by atoms with Crippen molar-refractivity contribution in [1.82, 2.24) is 15.2 Å². The van der Waals surface area contributed by atoms with Gasteiger partial charge in [-0.05, 0) is 25.1 Å². The van der Waals surface area contributed by atoms with Crippen molar-refractivity contribution in [2.24, 2.45) is 0 Å². The maximum atomic E-state index is 4.40. The predicted octanol–water partition coefficient (Wildman–Crippen LogP) is 2.68. The van der Waals surface area contributed by atoms with E-state index in [9.17, 15) is 0 Å². The summed E-state index contributed by atoms with van der Waals surface area (Å²) >= 11 is 1.68. The topological polar surface area (TPSA) is 28.2 Å². The SMILES string of the molecule is c1ccc(C2CN(Cc3cscn3)CCCN2)cc1. The highest BCUT2D eigenvalue weighted by molar-refractivity contribution is 7.07. The maximum absolute atomic E-state index is 4.40. The second kappa shape index (κ2) is 6.28. The van der Waals surface area contributed by atoms with Gasteiger partial charge >= 0.3 is 0 Å². The van der Waals surface area contributed by atoms with Crippen molar-refractivity contribution < 1.29 is 0 Å². The lowest BCUT2D eigenvalue weighted by molar-refractivity contribution is 0.258. The number of thiazole rings is 1. The van der Waals surface area contributed by atoms with Crippen LogP contribution in [0, 0.1) is 0 Å². The van der Waals surface area contributed by atoms with Crippen LogP contribution in [0.4, 0.5) is 0 Å². The van der Waals surface area contributed by atoms with Crippen LogP contribution in [0.5, 0.6) is 0 Å². The molecule has 1 aliphatic rings. The molecule has 1 aromatic carbocycles. The average Bonchev–Trinajstić information content (AvgIpc) is 2.84. The van der Waals surface area contributed by atoms with Crippen molar-refractivity contribution in [3.63, 3.8) is 0 Å². The van der Waals surface area contributed by atoms with Gasteiger partial charge in [-0.2, -0.15) is 0 Å². The van der Waals surface area contributed by atoms with Crippen LogP contribution >= 0.6 is 11.3 Å². The number of nitrogens with one attached hydrogen (secondary N) is 1. The van der Waals surface area contributed by atoms with Gasteiger partial charge in [-0.15, -0.1) is 11.3 Å². The summed E-state index contributed by atoms with van der Waals surface area (Å²) in [7, 11) is 0. The molecule has 3 rings (SSSR count). The molecule has 1 atom stereocenters. The van der Waals surface area contributed by atoms with Gasteiger partial charge in [0, 0.05) is 24.5 Å². The Morgan fingerprint density at radius 2 is 2.21 bits per heavy atom. The molecule has 2 aromatic rings. The van der Waals surface area contributed by atoms with Crippen LogP contribution in [0.1, 0.15) is 23.7 Å². The van der Waals surface area contributed by atoms with Gasteiger partial charge < -0.3 is 5.32 Å². The van der Waals surface area contributed by atoms with Gasteiger partial charge in [0.25, 0.3) is 0 Å². The van der Waals surface area contributed by atoms with Crippen LogP contribution < -0.4 is 5.32 Å². The Kier molecular flexibility index (Phi) is 4.23. The van der Waals surface area contributed by atoms with Crippen LogP contribution in [0.25, 0.3) is 0 Å². The van der Waals surface area contributed by atoms with Crippen molar-refractivity contribution in [3.8, 4) is 0 Å². The van der Waals surface area contributed by atoms with Crippen LogP contribution in [0.3, 0.4) is 0 Å². The predicted molar refractivity (Wildman–Crippen MR) is 79.2 cm³/mol. The molecular weight excluding hydrogens is 254 g/mol. The third-order valence-corrected chi connectivity index (χ3v) is 4.19. The fourth-order valence-electron chi connectivity index (χ4n) is 2.59. The first-order chi connectivity index (χ1) is 9.42. The third-order valence-electron chi connectivity index (χ3n) is 3.55. The maximum Gasteiger partial charge on any atom is 0.0795 e. The van der Waals surface area contributed by atoms with E-state index in [0.29, 0.717) is 6.04 Å². The molecule has 2 heterocycles. The van der Waals surface area contributed by atoms with E-state index >= 15 is 0 Å². The average molecular weight is 273 g/mol. The molecule has 0 aliphatic carbocycles. The van der Waals surface area contributed by atoms with E-state index in [0.717, 1.165) is 26.2 Å². The molecule has 19 heavy (non-hydrogen) atoms. The smallest absolute Gasteiger partial charge is 0.0795 e. The zero-order chi connectivity index (χ0) is 12.9. The van der Waals surface area contributed by atoms with E-state index in [2.05, 4.69) is 50.9 Å². The zero-order valence-electron chi connectivity index (χ0n) is 11.0. The first kappa shape index (κ1) is 12.8. The van der Waals surface area contributed by atoms with Gasteiger partial charge in [0.1, 0.15) is 0 Å². The molecule has 1 N–H and O–H groups in total. The highest BCUT2D eigenvalue weighted by atomic mass is 32.1. The lowest BCUT2D eigenvalue weighted by Gasteiger charge is -2.24. The summed E-state index contributed by atoms with van der Waals surface area (Å²) in [6.07, 6.45) is 1.20. The first-order valence-corrected chi connectivity index (χ1v) is 7.74. The molecule has 1 unspecified atom stereocenters. The summed E-state index contributed by atoms with van der Waals surface area (Å²) in [4.78, 5) is 6.90. The van der Waals surface area contributed by atoms with Crippen molar-refractivity contribution >= 4 is 11.3 Å². The molecule has 0 spiro atoms. The lowest BCUT2D eigenvalue weighted by atomic mass is 10.1. The van der Waals surface area contributed by atoms with E-state index in [1.54, 1.807) is 11.3 Å². The number of hydrogen-bond donors (Lipinski definition) is 1. The van der Waals surface area contributed by atoms with E-state index in [-0.39, 0.29) is 0 Å². The number of hydrogen-bond acceptors (Lipinski definition) is 4. The Morgan fingerprint density at radius 3 is 3.00 bits per heavy atom. The van der Waals surface area contributed by atoms with Gasteiger partial charge in [0.2, 0.25) is 0 Å². The van der Waals surface area contributed by atoms with Crippen LogP contribution in [0.15, 0.2) is 41.2 Å². The van der Waals surface area contributed by atoms with E-state index in [1.807, 2.05) is 5.51 Å². The highest BCUT2D eigenvalue weighted by Crippen LogP contribution is 2.18. The molecule has 1 aromatic heterocycles. The summed E-state index contributed by atoms with van der Waals surface area (Å²) in [6.45, 7) is 4.26. The Bertz CT molecular complexity index is 483. The van der Waals surface area contributed by atoms with Gasteiger partial charge in [-0.25, -0.2) is 4.98 Å². The van der Waals surface area contributed by atoms with Gasteiger partial charge in [-0.1, -0.05) is 30.3 Å². The zero-order valence-corrected chi connectivity index (χ0v) is 11.8. The van der Waals surface area contributed by atoms with E-state index in [4.69, 9.17) is 0 Å². The van der Waals surface area contributed by atoms with Crippen LogP contribution in [0.2, 0.25) is 0 Å². The fourth-order valence-corrected chi connectivity index (χ4v) is 3.14. The van der Waals surface area contributed by atoms with Crippen molar-refractivity contribution in [3.05, 3.63) is 52.5 Å². The van der Waals surface area contributed by atoms with Gasteiger partial charge in [0.05, 0.1) is 11.2 Å². The molecule has 3 nitrogen and oxygen atoms in total. The highest BCUT2D eigenvalue weighted by Gasteiger charge is 2.19. The Morgan fingerprint density at radius 1 is 1.32 bits per heavy atom. The summed E-state index contributed by atoms with van der Waals surface area (Å²) < 4.78 is 0. The van der Waals surface area contributed by atoms with E-state index < -0.39 is 0 Å². The van der Waals surface area contributed by atoms with Crippen LogP contribution in [-0.2, 0) is 6.54 Å². The fraction of sp³-hybridized carbons (Fsp3) is 0.400. The minimum absolute atomic E-state index is 0.433. The number of benzene rings is 1. The van der Waals surface area contributed by atoms with Crippen LogP contribution in [-0.4, -0.2) is 29.5 Å². The number of rotatable bonds is 3. The summed E-state index contributed by atoms with van der Waals surface area (Å²) in [5.41, 5.74) is 4.49. The molecule has 1 aliphatic heterocycles. The number of aromatic nitrogens is 1. The summed E-state index contributed by atoms with van der Waals surface area (Å²) in [5, 5.41) is 5.80. The molecular formula is C15H19N3S. The van der Waals surface area contributed by atoms with Gasteiger partial charge in [0.15, 0.2) is 0 Å². The summed E-state index contributed by atoms with van der Waals surface area (Å²) in [5.74, 6) is 0. The molecule has 0 saturated carbocycles.